The van der Waals surface area contributed by atoms with Crippen LogP contribution in [0.3, 0.4) is 0 Å². The minimum Gasteiger partial charge on any atom is -0.368 e. The molecule has 0 heterocycles. The molecule has 2 rings (SSSR count). The summed E-state index contributed by atoms with van der Waals surface area (Å²) in [4.78, 5) is 25.2. The standard InChI is InChI=1S/C20H23FN2O4S/c1-23(19(20(22)25)16-10-5-11-17(21)13-16)18(24)14-28(26,27)12-6-9-15-7-3-2-4-8-15/h2-5,7-8,10-11,13,19H,6,9,12,14H2,1H3,(H2,22,25). The van der Waals surface area contributed by atoms with Gasteiger partial charge < -0.3 is 10.6 Å². The van der Waals surface area contributed by atoms with Gasteiger partial charge in [0.15, 0.2) is 9.84 Å². The molecule has 1 atom stereocenters. The number of hydrogen-bond donors (Lipinski definition) is 1. The Morgan fingerprint density at radius 3 is 2.39 bits per heavy atom. The van der Waals surface area contributed by atoms with Crippen molar-refractivity contribution in [3.8, 4) is 0 Å². The first-order chi connectivity index (χ1) is 13.2. The van der Waals surface area contributed by atoms with Crippen molar-refractivity contribution < 1.29 is 22.4 Å². The van der Waals surface area contributed by atoms with E-state index in [2.05, 4.69) is 0 Å². The molecule has 0 spiro atoms. The lowest BCUT2D eigenvalue weighted by molar-refractivity contribution is -0.136. The van der Waals surface area contributed by atoms with Gasteiger partial charge in [0.2, 0.25) is 11.8 Å². The van der Waals surface area contributed by atoms with E-state index in [1.165, 1.54) is 25.2 Å². The SMILES string of the molecule is CN(C(=O)CS(=O)(=O)CCCc1ccccc1)C(C(N)=O)c1cccc(F)c1. The van der Waals surface area contributed by atoms with Crippen molar-refractivity contribution >= 4 is 21.7 Å². The minimum absolute atomic E-state index is 0.150. The summed E-state index contributed by atoms with van der Waals surface area (Å²) in [6.45, 7) is 0. The zero-order chi connectivity index (χ0) is 20.7. The molecular formula is C20H23FN2O4S. The van der Waals surface area contributed by atoms with Crippen LogP contribution in [0, 0.1) is 5.82 Å². The summed E-state index contributed by atoms with van der Waals surface area (Å²) < 4.78 is 38.0. The molecule has 0 radical (unpaired) electrons. The van der Waals surface area contributed by atoms with E-state index in [0.29, 0.717) is 12.8 Å². The van der Waals surface area contributed by atoms with E-state index < -0.39 is 39.3 Å². The van der Waals surface area contributed by atoms with Crippen molar-refractivity contribution in [2.24, 2.45) is 5.73 Å². The van der Waals surface area contributed by atoms with Crippen LogP contribution < -0.4 is 5.73 Å². The number of benzene rings is 2. The molecule has 0 aromatic heterocycles. The fourth-order valence-corrected chi connectivity index (χ4v) is 4.21. The highest BCUT2D eigenvalue weighted by molar-refractivity contribution is 7.92. The molecule has 28 heavy (non-hydrogen) atoms. The Bertz CT molecular complexity index is 932. The molecule has 8 heteroatoms. The molecule has 0 bridgehead atoms. The van der Waals surface area contributed by atoms with Gasteiger partial charge >= 0.3 is 0 Å². The van der Waals surface area contributed by atoms with Gasteiger partial charge in [-0.2, -0.15) is 0 Å². The zero-order valence-corrected chi connectivity index (χ0v) is 16.4. The number of aryl methyl sites for hydroxylation is 1. The van der Waals surface area contributed by atoms with Gasteiger partial charge in [-0.15, -0.1) is 0 Å². The Kier molecular flexibility index (Phi) is 7.28. The molecular weight excluding hydrogens is 383 g/mol. The molecule has 0 aliphatic carbocycles. The average Bonchev–Trinajstić information content (AvgIpc) is 2.62. The number of carbonyl (C=O) groups excluding carboxylic acids is 2. The Morgan fingerprint density at radius 2 is 1.79 bits per heavy atom. The maximum atomic E-state index is 13.5. The number of primary amides is 1. The second-order valence-corrected chi connectivity index (χ2v) is 8.73. The molecule has 2 N–H and O–H groups in total. The van der Waals surface area contributed by atoms with Crippen molar-refractivity contribution in [1.82, 2.24) is 4.90 Å². The van der Waals surface area contributed by atoms with Crippen LogP contribution in [0.4, 0.5) is 4.39 Å². The van der Waals surface area contributed by atoms with Crippen LogP contribution in [-0.2, 0) is 25.8 Å². The van der Waals surface area contributed by atoms with Crippen molar-refractivity contribution in [2.45, 2.75) is 18.9 Å². The third kappa shape index (κ3) is 6.16. The molecule has 2 amide bonds. The van der Waals surface area contributed by atoms with Crippen LogP contribution >= 0.6 is 0 Å². The molecule has 0 saturated heterocycles. The second-order valence-electron chi connectivity index (χ2n) is 6.55. The van der Waals surface area contributed by atoms with Crippen LogP contribution in [0.1, 0.15) is 23.6 Å². The Hall–Kier alpha value is -2.74. The van der Waals surface area contributed by atoms with E-state index in [4.69, 9.17) is 5.73 Å². The van der Waals surface area contributed by atoms with Crippen molar-refractivity contribution in [3.05, 3.63) is 71.5 Å². The van der Waals surface area contributed by atoms with E-state index in [1.54, 1.807) is 0 Å². The van der Waals surface area contributed by atoms with Gasteiger partial charge in [-0.3, -0.25) is 9.59 Å². The Morgan fingerprint density at radius 1 is 1.11 bits per heavy atom. The summed E-state index contributed by atoms with van der Waals surface area (Å²) in [7, 11) is -2.38. The van der Waals surface area contributed by atoms with E-state index in [-0.39, 0.29) is 11.3 Å². The first-order valence-corrected chi connectivity index (χ1v) is 10.6. The van der Waals surface area contributed by atoms with Crippen molar-refractivity contribution in [1.29, 1.82) is 0 Å². The van der Waals surface area contributed by atoms with E-state index in [1.807, 2.05) is 30.3 Å². The number of amides is 2. The minimum atomic E-state index is -3.66. The topological polar surface area (TPSA) is 97.5 Å². The number of rotatable bonds is 9. The molecule has 0 aliphatic rings. The van der Waals surface area contributed by atoms with Crippen LogP contribution in [-0.4, -0.2) is 43.7 Å². The lowest BCUT2D eigenvalue weighted by atomic mass is 10.0. The molecule has 2 aromatic carbocycles. The highest BCUT2D eigenvalue weighted by atomic mass is 32.2. The van der Waals surface area contributed by atoms with Crippen molar-refractivity contribution in [2.75, 3.05) is 18.6 Å². The lowest BCUT2D eigenvalue weighted by Crippen LogP contribution is -2.42. The van der Waals surface area contributed by atoms with Gasteiger partial charge in [-0.05, 0) is 36.1 Å². The normalized spacial score (nSPS) is 12.4. The Labute approximate surface area is 164 Å². The number of nitrogens with two attached hydrogens (primary N) is 1. The monoisotopic (exact) mass is 406 g/mol. The van der Waals surface area contributed by atoms with E-state index >= 15 is 0 Å². The molecule has 0 aliphatic heterocycles. The van der Waals surface area contributed by atoms with E-state index in [0.717, 1.165) is 16.5 Å². The van der Waals surface area contributed by atoms with E-state index in [9.17, 15) is 22.4 Å². The number of likely N-dealkylation sites (N-methyl/N-ethyl adjacent to an activating group) is 1. The number of hydrogen-bond acceptors (Lipinski definition) is 4. The maximum Gasteiger partial charge on any atom is 0.244 e. The summed E-state index contributed by atoms with van der Waals surface area (Å²) in [5, 5.41) is 0. The summed E-state index contributed by atoms with van der Waals surface area (Å²) >= 11 is 0. The highest BCUT2D eigenvalue weighted by Gasteiger charge is 2.29. The maximum absolute atomic E-state index is 13.5. The lowest BCUT2D eigenvalue weighted by Gasteiger charge is -2.26. The number of halogens is 1. The predicted molar refractivity (Wildman–Crippen MR) is 105 cm³/mol. The molecule has 150 valence electrons. The van der Waals surface area contributed by atoms with Crippen molar-refractivity contribution in [3.63, 3.8) is 0 Å². The molecule has 0 fully saturated rings. The fraction of sp³-hybridized carbons (Fsp3) is 0.300. The fourth-order valence-electron chi connectivity index (χ4n) is 2.90. The molecule has 1 unspecified atom stereocenters. The summed E-state index contributed by atoms with van der Waals surface area (Å²) in [6, 6.07) is 13.3. The highest BCUT2D eigenvalue weighted by Crippen LogP contribution is 2.20. The zero-order valence-electron chi connectivity index (χ0n) is 15.5. The van der Waals surface area contributed by atoms with Crippen LogP contribution in [0.25, 0.3) is 0 Å². The number of sulfone groups is 1. The van der Waals surface area contributed by atoms with Gasteiger partial charge in [-0.1, -0.05) is 42.5 Å². The smallest absolute Gasteiger partial charge is 0.244 e. The third-order valence-corrected chi connectivity index (χ3v) is 5.92. The van der Waals surface area contributed by atoms with Gasteiger partial charge in [0.1, 0.15) is 17.6 Å². The van der Waals surface area contributed by atoms with Gasteiger partial charge in [-0.25, -0.2) is 12.8 Å². The number of nitrogens with zero attached hydrogens (tertiary/aromatic N) is 1. The van der Waals surface area contributed by atoms with Gasteiger partial charge in [0.25, 0.3) is 0 Å². The number of carbonyl (C=O) groups is 2. The molecule has 6 nitrogen and oxygen atoms in total. The average molecular weight is 406 g/mol. The largest absolute Gasteiger partial charge is 0.368 e. The Balaban J connectivity index is 2.01. The third-order valence-electron chi connectivity index (χ3n) is 4.32. The first kappa shape index (κ1) is 21.6. The van der Waals surface area contributed by atoms with Crippen LogP contribution in [0.15, 0.2) is 54.6 Å². The summed E-state index contributed by atoms with van der Waals surface area (Å²) in [5.74, 6) is -3.12. The van der Waals surface area contributed by atoms with Gasteiger partial charge in [0.05, 0.1) is 5.75 Å². The predicted octanol–water partition coefficient (Wildman–Crippen LogP) is 1.86. The molecule has 0 saturated carbocycles. The second kappa shape index (κ2) is 9.45. The first-order valence-electron chi connectivity index (χ1n) is 8.74. The van der Waals surface area contributed by atoms with Crippen LogP contribution in [0.2, 0.25) is 0 Å². The summed E-state index contributed by atoms with van der Waals surface area (Å²) in [6.07, 6.45) is 0.962. The van der Waals surface area contributed by atoms with Gasteiger partial charge in [0, 0.05) is 7.05 Å². The van der Waals surface area contributed by atoms with Crippen LogP contribution in [0.5, 0.6) is 0 Å². The molecule has 2 aromatic rings. The summed E-state index contributed by atoms with van der Waals surface area (Å²) in [5.41, 5.74) is 6.56. The quantitative estimate of drug-likeness (QED) is 0.687.